The Labute approximate surface area is 116 Å². The summed E-state index contributed by atoms with van der Waals surface area (Å²) in [7, 11) is 0. The number of nitrogen functional groups attached to an aromatic ring is 1. The van der Waals surface area contributed by atoms with Gasteiger partial charge in [-0.3, -0.25) is 4.98 Å². The van der Waals surface area contributed by atoms with Crippen molar-refractivity contribution in [2.45, 2.75) is 12.8 Å². The number of anilines is 1. The Bertz CT molecular complexity index is 677. The molecule has 0 aliphatic rings. The Hall–Kier alpha value is -2.69. The van der Waals surface area contributed by atoms with E-state index in [9.17, 15) is 0 Å². The summed E-state index contributed by atoms with van der Waals surface area (Å²) in [6.45, 7) is 0. The minimum Gasteiger partial charge on any atom is -0.399 e. The first-order chi connectivity index (χ1) is 9.81. The molecule has 2 N–H and O–H groups in total. The molecule has 0 atom stereocenters. The minimum absolute atomic E-state index is 0.597. The Balaban J connectivity index is 1.67. The molecule has 0 amide bonds. The van der Waals surface area contributed by atoms with E-state index >= 15 is 0 Å². The maximum Gasteiger partial charge on any atom is 0.227 e. The quantitative estimate of drug-likeness (QED) is 0.734. The van der Waals surface area contributed by atoms with Crippen LogP contribution in [0.3, 0.4) is 0 Å². The van der Waals surface area contributed by atoms with Crippen LogP contribution in [0.15, 0.2) is 53.3 Å². The average Bonchev–Trinajstić information content (AvgIpc) is 2.97. The van der Waals surface area contributed by atoms with Crippen LogP contribution in [0, 0.1) is 0 Å². The highest BCUT2D eigenvalue weighted by molar-refractivity contribution is 5.52. The fourth-order valence-electron chi connectivity index (χ4n) is 1.91. The first kappa shape index (κ1) is 12.3. The molecule has 0 bridgehead atoms. The second-order valence-corrected chi connectivity index (χ2v) is 4.49. The molecule has 0 saturated carbocycles. The molecule has 2 aromatic heterocycles. The third-order valence-corrected chi connectivity index (χ3v) is 3.01. The van der Waals surface area contributed by atoms with Crippen LogP contribution in [0.1, 0.15) is 11.5 Å². The number of aromatic nitrogens is 3. The third-order valence-electron chi connectivity index (χ3n) is 3.01. The number of nitrogens with zero attached hydrogens (tertiary/aromatic N) is 3. The monoisotopic (exact) mass is 266 g/mol. The first-order valence-electron chi connectivity index (χ1n) is 6.39. The molecule has 0 unspecified atom stereocenters. The van der Waals surface area contributed by atoms with Crippen LogP contribution >= 0.6 is 0 Å². The number of hydrogen-bond acceptors (Lipinski definition) is 5. The predicted molar refractivity (Wildman–Crippen MR) is 75.8 cm³/mol. The van der Waals surface area contributed by atoms with Gasteiger partial charge < -0.3 is 10.3 Å². The lowest BCUT2D eigenvalue weighted by atomic mass is 10.1. The van der Waals surface area contributed by atoms with Crippen LogP contribution in [0.5, 0.6) is 0 Å². The van der Waals surface area contributed by atoms with Crippen molar-refractivity contribution in [1.82, 2.24) is 15.1 Å². The molecular formula is C15H14N4O. The lowest BCUT2D eigenvalue weighted by Gasteiger charge is -1.98. The predicted octanol–water partition coefficient (Wildman–Crippen LogP) is 2.50. The van der Waals surface area contributed by atoms with Crippen LogP contribution in [0.25, 0.3) is 11.4 Å². The zero-order valence-electron chi connectivity index (χ0n) is 10.9. The van der Waals surface area contributed by atoms with Crippen molar-refractivity contribution in [2.75, 3.05) is 5.73 Å². The van der Waals surface area contributed by atoms with E-state index in [2.05, 4.69) is 15.1 Å². The molecule has 1 aromatic carbocycles. The maximum absolute atomic E-state index is 5.66. The summed E-state index contributed by atoms with van der Waals surface area (Å²) in [6, 6.07) is 11.5. The van der Waals surface area contributed by atoms with Gasteiger partial charge in [0.1, 0.15) is 0 Å². The molecule has 0 aliphatic heterocycles. The lowest BCUT2D eigenvalue weighted by molar-refractivity contribution is 0.379. The molecule has 5 nitrogen and oxygen atoms in total. The van der Waals surface area contributed by atoms with Gasteiger partial charge in [-0.15, -0.1) is 0 Å². The van der Waals surface area contributed by atoms with Gasteiger partial charge in [-0.2, -0.15) is 4.98 Å². The summed E-state index contributed by atoms with van der Waals surface area (Å²) >= 11 is 0. The topological polar surface area (TPSA) is 77.8 Å². The van der Waals surface area contributed by atoms with E-state index in [0.29, 0.717) is 18.1 Å². The van der Waals surface area contributed by atoms with Gasteiger partial charge in [0.2, 0.25) is 11.7 Å². The van der Waals surface area contributed by atoms with Crippen molar-refractivity contribution in [2.24, 2.45) is 0 Å². The van der Waals surface area contributed by atoms with E-state index < -0.39 is 0 Å². The van der Waals surface area contributed by atoms with Gasteiger partial charge in [-0.25, -0.2) is 0 Å². The second kappa shape index (κ2) is 5.52. The highest BCUT2D eigenvalue weighted by atomic mass is 16.5. The third kappa shape index (κ3) is 2.83. The summed E-state index contributed by atoms with van der Waals surface area (Å²) in [5, 5.41) is 3.98. The molecule has 0 fully saturated rings. The summed E-state index contributed by atoms with van der Waals surface area (Å²) in [4.78, 5) is 8.35. The summed E-state index contributed by atoms with van der Waals surface area (Å²) < 4.78 is 5.26. The zero-order chi connectivity index (χ0) is 13.8. The lowest BCUT2D eigenvalue weighted by Crippen LogP contribution is -1.92. The van der Waals surface area contributed by atoms with E-state index in [1.165, 1.54) is 5.56 Å². The summed E-state index contributed by atoms with van der Waals surface area (Å²) in [5.74, 6) is 1.23. The summed E-state index contributed by atoms with van der Waals surface area (Å²) in [6.07, 6.45) is 4.97. The highest BCUT2D eigenvalue weighted by Gasteiger charge is 2.08. The average molecular weight is 266 g/mol. The standard InChI is InChI=1S/C15H14N4O/c16-13-4-1-11(2-5-13)3-6-14-18-15(19-20-14)12-7-9-17-10-8-12/h1-2,4-5,7-10H,3,6,16H2. The van der Waals surface area contributed by atoms with Crippen molar-refractivity contribution < 1.29 is 4.52 Å². The van der Waals surface area contributed by atoms with Gasteiger partial charge >= 0.3 is 0 Å². The Morgan fingerprint density at radius 1 is 0.950 bits per heavy atom. The molecule has 0 saturated heterocycles. The van der Waals surface area contributed by atoms with Gasteiger partial charge in [-0.1, -0.05) is 17.3 Å². The maximum atomic E-state index is 5.66. The second-order valence-electron chi connectivity index (χ2n) is 4.49. The summed E-state index contributed by atoms with van der Waals surface area (Å²) in [5.41, 5.74) is 8.53. The molecule has 0 spiro atoms. The van der Waals surface area contributed by atoms with Crippen LogP contribution in [0.4, 0.5) is 5.69 Å². The first-order valence-corrected chi connectivity index (χ1v) is 6.39. The fourth-order valence-corrected chi connectivity index (χ4v) is 1.91. The van der Waals surface area contributed by atoms with Gasteiger partial charge in [0, 0.05) is 30.1 Å². The van der Waals surface area contributed by atoms with E-state index in [1.54, 1.807) is 12.4 Å². The van der Waals surface area contributed by atoms with Crippen LogP contribution in [0.2, 0.25) is 0 Å². The van der Waals surface area contributed by atoms with E-state index in [-0.39, 0.29) is 0 Å². The van der Waals surface area contributed by atoms with Crippen molar-refractivity contribution in [1.29, 1.82) is 0 Å². The molecule has 0 aliphatic carbocycles. The van der Waals surface area contributed by atoms with Gasteiger partial charge in [0.05, 0.1) is 0 Å². The van der Waals surface area contributed by atoms with Crippen LogP contribution < -0.4 is 5.73 Å². The number of rotatable bonds is 4. The number of benzene rings is 1. The molecule has 100 valence electrons. The SMILES string of the molecule is Nc1ccc(CCc2nc(-c3ccncc3)no2)cc1. The minimum atomic E-state index is 0.597. The van der Waals surface area contributed by atoms with Crippen molar-refractivity contribution >= 4 is 5.69 Å². The Morgan fingerprint density at radius 2 is 1.70 bits per heavy atom. The van der Waals surface area contributed by atoms with E-state index in [4.69, 9.17) is 10.3 Å². The number of aryl methyl sites for hydroxylation is 2. The highest BCUT2D eigenvalue weighted by Crippen LogP contribution is 2.15. The Morgan fingerprint density at radius 3 is 2.45 bits per heavy atom. The number of pyridine rings is 1. The van der Waals surface area contributed by atoms with Crippen molar-refractivity contribution in [3.05, 3.63) is 60.2 Å². The van der Waals surface area contributed by atoms with Crippen molar-refractivity contribution in [3.63, 3.8) is 0 Å². The van der Waals surface area contributed by atoms with Crippen molar-refractivity contribution in [3.8, 4) is 11.4 Å². The van der Waals surface area contributed by atoms with Crippen LogP contribution in [-0.4, -0.2) is 15.1 Å². The Kier molecular flexibility index (Phi) is 3.41. The molecule has 0 radical (unpaired) electrons. The molecule has 3 rings (SSSR count). The number of hydrogen-bond donors (Lipinski definition) is 1. The smallest absolute Gasteiger partial charge is 0.227 e. The van der Waals surface area contributed by atoms with E-state index in [0.717, 1.165) is 17.7 Å². The van der Waals surface area contributed by atoms with Gasteiger partial charge in [0.25, 0.3) is 0 Å². The molecular weight excluding hydrogens is 252 g/mol. The largest absolute Gasteiger partial charge is 0.399 e. The molecule has 20 heavy (non-hydrogen) atoms. The van der Waals surface area contributed by atoms with Gasteiger partial charge in [-0.05, 0) is 36.2 Å². The zero-order valence-corrected chi connectivity index (χ0v) is 10.9. The normalized spacial score (nSPS) is 10.6. The molecule has 5 heteroatoms. The van der Waals surface area contributed by atoms with Gasteiger partial charge in [0.15, 0.2) is 0 Å². The fraction of sp³-hybridized carbons (Fsp3) is 0.133. The van der Waals surface area contributed by atoms with E-state index in [1.807, 2.05) is 36.4 Å². The molecule has 3 aromatic rings. The molecule has 2 heterocycles. The number of nitrogens with two attached hydrogens (primary N) is 1. The van der Waals surface area contributed by atoms with Crippen LogP contribution in [-0.2, 0) is 12.8 Å².